The second-order valence-corrected chi connectivity index (χ2v) is 9.09. The number of amides is 1. The molecule has 178 valence electrons. The Morgan fingerprint density at radius 3 is 2.50 bits per heavy atom. The first-order chi connectivity index (χ1) is 15.2. The summed E-state index contributed by atoms with van der Waals surface area (Å²) in [5.74, 6) is -1.06. The maximum atomic E-state index is 13.4. The quantitative estimate of drug-likeness (QED) is 0.331. The summed E-state index contributed by atoms with van der Waals surface area (Å²) in [6.07, 6.45) is 1.60. The predicted molar refractivity (Wildman–Crippen MR) is 110 cm³/mol. The van der Waals surface area contributed by atoms with Crippen LogP contribution in [0.1, 0.15) is 19.5 Å². The third-order valence-electron chi connectivity index (χ3n) is 4.58. The summed E-state index contributed by atoms with van der Waals surface area (Å²) >= 11 is 0. The number of aromatic nitrogens is 3. The second-order valence-electron chi connectivity index (χ2n) is 7.20. The van der Waals surface area contributed by atoms with Gasteiger partial charge in [-0.15, -0.1) is 5.10 Å². The van der Waals surface area contributed by atoms with Crippen molar-refractivity contribution in [1.29, 1.82) is 0 Å². The monoisotopic (exact) mass is 475 g/mol. The molecule has 0 bridgehead atoms. The van der Waals surface area contributed by atoms with E-state index in [-0.39, 0.29) is 31.0 Å². The van der Waals surface area contributed by atoms with E-state index in [0.717, 1.165) is 4.31 Å². The Kier molecular flexibility index (Phi) is 9.47. The average Bonchev–Trinajstić information content (AvgIpc) is 3.22. The molecule has 2 N–H and O–H groups in total. The van der Waals surface area contributed by atoms with E-state index in [4.69, 9.17) is 4.74 Å². The van der Waals surface area contributed by atoms with E-state index in [2.05, 4.69) is 10.3 Å². The van der Waals surface area contributed by atoms with Gasteiger partial charge in [0.2, 0.25) is 10.0 Å². The van der Waals surface area contributed by atoms with E-state index >= 15 is 0 Å². The van der Waals surface area contributed by atoms with Gasteiger partial charge in [0, 0.05) is 19.2 Å². The molecule has 2 rings (SSSR count). The molecule has 0 aliphatic rings. The number of benzene rings is 1. The van der Waals surface area contributed by atoms with Crippen LogP contribution in [0.15, 0.2) is 35.4 Å². The van der Waals surface area contributed by atoms with Crippen LogP contribution in [0.2, 0.25) is 0 Å². The minimum atomic E-state index is -4.19. The van der Waals surface area contributed by atoms with E-state index in [1.807, 2.05) is 0 Å². The van der Waals surface area contributed by atoms with Gasteiger partial charge in [-0.25, -0.2) is 27.4 Å². The van der Waals surface area contributed by atoms with Gasteiger partial charge in [0.15, 0.2) is 0 Å². The van der Waals surface area contributed by atoms with Gasteiger partial charge < -0.3 is 4.74 Å². The number of hydroxylamine groups is 1. The molecule has 1 aromatic carbocycles. The third-order valence-corrected chi connectivity index (χ3v) is 6.48. The highest BCUT2D eigenvalue weighted by Gasteiger charge is 2.37. The van der Waals surface area contributed by atoms with Gasteiger partial charge in [-0.1, -0.05) is 19.1 Å². The van der Waals surface area contributed by atoms with E-state index in [1.165, 1.54) is 40.6 Å². The highest BCUT2D eigenvalue weighted by molar-refractivity contribution is 7.89. The zero-order chi connectivity index (χ0) is 23.7. The van der Waals surface area contributed by atoms with Gasteiger partial charge >= 0.3 is 0 Å². The SMILES string of the molecule is CC(C)[C@H](C(=O)NO)N(CCc1cn(CCF)nn1)S(=O)(=O)c1ccc(OCCF)cc1. The number of alkyl halides is 2. The van der Waals surface area contributed by atoms with Crippen molar-refractivity contribution < 1.29 is 31.9 Å². The standard InChI is InChI=1S/C19H27F2N5O5S/c1-14(2)18(19(27)23-28)26(10-7-15-13-25(11-8-20)24-22-15)32(29,30)17-5-3-16(4-6-17)31-12-9-21/h3-6,13-14,18,28H,7-12H2,1-2H3,(H,23,27)/t18-/m1/s1. The topological polar surface area (TPSA) is 127 Å². The molecule has 0 saturated heterocycles. The van der Waals surface area contributed by atoms with Crippen molar-refractivity contribution in [3.8, 4) is 5.75 Å². The first-order valence-corrected chi connectivity index (χ1v) is 11.4. The number of ether oxygens (including phenoxy) is 1. The molecule has 2 aromatic rings. The summed E-state index contributed by atoms with van der Waals surface area (Å²) in [5, 5.41) is 16.8. The molecule has 32 heavy (non-hydrogen) atoms. The van der Waals surface area contributed by atoms with Crippen molar-refractivity contribution in [2.24, 2.45) is 5.92 Å². The maximum absolute atomic E-state index is 13.4. The fourth-order valence-electron chi connectivity index (χ4n) is 3.11. The van der Waals surface area contributed by atoms with Crippen molar-refractivity contribution in [2.45, 2.75) is 37.8 Å². The fraction of sp³-hybridized carbons (Fsp3) is 0.526. The van der Waals surface area contributed by atoms with Gasteiger partial charge in [0.25, 0.3) is 5.91 Å². The summed E-state index contributed by atoms with van der Waals surface area (Å²) in [5.41, 5.74) is 1.94. The number of hydrogen-bond donors (Lipinski definition) is 2. The molecule has 0 saturated carbocycles. The predicted octanol–water partition coefficient (Wildman–Crippen LogP) is 1.36. The number of nitrogens with zero attached hydrogens (tertiary/aromatic N) is 4. The first kappa shape index (κ1) is 25.6. The Morgan fingerprint density at radius 2 is 1.94 bits per heavy atom. The van der Waals surface area contributed by atoms with Crippen LogP contribution in [0, 0.1) is 5.92 Å². The molecule has 0 aliphatic carbocycles. The molecule has 0 radical (unpaired) electrons. The number of rotatable bonds is 13. The van der Waals surface area contributed by atoms with Gasteiger partial charge in [-0.05, 0) is 30.2 Å². The van der Waals surface area contributed by atoms with Gasteiger partial charge in [0.1, 0.15) is 31.7 Å². The summed E-state index contributed by atoms with van der Waals surface area (Å²) < 4.78 is 59.0. The molecule has 1 atom stereocenters. The zero-order valence-electron chi connectivity index (χ0n) is 17.8. The number of carbonyl (C=O) groups is 1. The summed E-state index contributed by atoms with van der Waals surface area (Å²) in [6, 6.07) is 4.15. The molecule has 1 aromatic heterocycles. The molecule has 0 fully saturated rings. The number of halogens is 2. The number of hydrogen-bond acceptors (Lipinski definition) is 7. The van der Waals surface area contributed by atoms with Crippen LogP contribution in [0.3, 0.4) is 0 Å². The fourth-order valence-corrected chi connectivity index (χ4v) is 4.83. The summed E-state index contributed by atoms with van der Waals surface area (Å²) in [7, 11) is -4.19. The van der Waals surface area contributed by atoms with Crippen LogP contribution < -0.4 is 10.2 Å². The maximum Gasteiger partial charge on any atom is 0.262 e. The van der Waals surface area contributed by atoms with E-state index in [0.29, 0.717) is 11.4 Å². The lowest BCUT2D eigenvalue weighted by Gasteiger charge is -2.31. The molecule has 13 heteroatoms. The molecule has 1 amide bonds. The molecule has 0 spiro atoms. The first-order valence-electron chi connectivity index (χ1n) is 9.94. The van der Waals surface area contributed by atoms with Crippen molar-refractivity contribution in [1.82, 2.24) is 24.8 Å². The highest BCUT2D eigenvalue weighted by Crippen LogP contribution is 2.25. The Balaban J connectivity index is 2.35. The minimum Gasteiger partial charge on any atom is -0.491 e. The average molecular weight is 476 g/mol. The van der Waals surface area contributed by atoms with E-state index < -0.39 is 41.2 Å². The van der Waals surface area contributed by atoms with Gasteiger partial charge in [-0.2, -0.15) is 4.31 Å². The van der Waals surface area contributed by atoms with Crippen molar-refractivity contribution in [3.63, 3.8) is 0 Å². The van der Waals surface area contributed by atoms with Crippen LogP contribution >= 0.6 is 0 Å². The van der Waals surface area contributed by atoms with Gasteiger partial charge in [-0.3, -0.25) is 10.0 Å². The molecular formula is C19H27F2N5O5S. The molecule has 0 aliphatic heterocycles. The lowest BCUT2D eigenvalue weighted by molar-refractivity contribution is -0.134. The number of sulfonamides is 1. The number of carbonyl (C=O) groups excluding carboxylic acids is 1. The third kappa shape index (κ3) is 6.43. The summed E-state index contributed by atoms with van der Waals surface area (Å²) in [4.78, 5) is 12.2. The van der Waals surface area contributed by atoms with Crippen molar-refractivity contribution in [3.05, 3.63) is 36.2 Å². The van der Waals surface area contributed by atoms with Crippen LogP contribution in [0.25, 0.3) is 0 Å². The zero-order valence-corrected chi connectivity index (χ0v) is 18.6. The molecule has 1 heterocycles. The van der Waals surface area contributed by atoms with Crippen LogP contribution in [0.5, 0.6) is 5.75 Å². The number of aryl methyl sites for hydroxylation is 1. The van der Waals surface area contributed by atoms with Crippen LogP contribution in [-0.2, 0) is 27.8 Å². The van der Waals surface area contributed by atoms with Crippen molar-refractivity contribution >= 4 is 15.9 Å². The molecular weight excluding hydrogens is 448 g/mol. The second kappa shape index (κ2) is 11.8. The van der Waals surface area contributed by atoms with Crippen LogP contribution in [-0.4, -0.2) is 71.4 Å². The van der Waals surface area contributed by atoms with Crippen LogP contribution in [0.4, 0.5) is 8.78 Å². The summed E-state index contributed by atoms with van der Waals surface area (Å²) in [6.45, 7) is 1.70. The number of nitrogens with one attached hydrogen (secondary N) is 1. The smallest absolute Gasteiger partial charge is 0.262 e. The van der Waals surface area contributed by atoms with Crippen molar-refractivity contribution in [2.75, 3.05) is 26.5 Å². The highest BCUT2D eigenvalue weighted by atomic mass is 32.2. The Hall–Kier alpha value is -2.64. The normalized spacial score (nSPS) is 12.8. The molecule has 10 nitrogen and oxygen atoms in total. The Labute approximate surface area is 185 Å². The lowest BCUT2D eigenvalue weighted by Crippen LogP contribution is -2.52. The van der Waals surface area contributed by atoms with E-state index in [9.17, 15) is 27.2 Å². The minimum absolute atomic E-state index is 0.0212. The van der Waals surface area contributed by atoms with Gasteiger partial charge in [0.05, 0.1) is 17.1 Å². The Morgan fingerprint density at radius 1 is 1.25 bits per heavy atom. The molecule has 0 unspecified atom stereocenters. The lowest BCUT2D eigenvalue weighted by atomic mass is 10.0. The van der Waals surface area contributed by atoms with E-state index in [1.54, 1.807) is 13.8 Å². The Bertz CT molecular complexity index is 969. The largest absolute Gasteiger partial charge is 0.491 e.